The van der Waals surface area contributed by atoms with E-state index in [0.717, 1.165) is 0 Å². The molecule has 0 aliphatic heterocycles. The van der Waals surface area contributed by atoms with Crippen molar-refractivity contribution in [1.29, 1.82) is 0 Å². The van der Waals surface area contributed by atoms with Crippen LogP contribution in [0.3, 0.4) is 0 Å². The molecule has 0 aliphatic rings. The zero-order chi connectivity index (χ0) is 15.2. The van der Waals surface area contributed by atoms with Crippen molar-refractivity contribution in [2.45, 2.75) is 40.3 Å². The van der Waals surface area contributed by atoms with Crippen LogP contribution in [0.5, 0.6) is 0 Å². The first-order chi connectivity index (χ1) is 8.63. The Hall–Kier alpha value is 0.840. The highest BCUT2D eigenvalue weighted by Crippen LogP contribution is 2.29. The molecule has 0 bridgehead atoms. The number of carbonyl (C=O) groups is 1. The lowest BCUT2D eigenvalue weighted by Gasteiger charge is -2.26. The first kappa shape index (κ1) is 19.8. The lowest BCUT2D eigenvalue weighted by molar-refractivity contribution is -0.147. The average Bonchev–Trinajstić information content (AvgIpc) is 2.33. The molecule has 114 valence electrons. The van der Waals surface area contributed by atoms with Crippen molar-refractivity contribution in [3.8, 4) is 0 Å². The SMILES string of the molecule is COC(C[C@H](Cl)[C@@H](Cl)[C@@H](C)OC(=O)C(Cl)(Cl)Cl)OC. The van der Waals surface area contributed by atoms with Gasteiger partial charge in [0.05, 0.1) is 10.8 Å². The maximum absolute atomic E-state index is 11.4. The lowest BCUT2D eigenvalue weighted by atomic mass is 10.1. The Bertz CT molecular complexity index is 280. The standard InChI is InChI=1S/C10H15Cl5O4/c1-5(19-9(16)10(13,14)15)8(12)6(11)4-7(17-2)18-3/h5-8H,4H2,1-3H3/t5-,6+,8+/m1/s1. The Kier molecular flexibility index (Phi) is 9.38. The highest BCUT2D eigenvalue weighted by molar-refractivity contribution is 6.75. The van der Waals surface area contributed by atoms with Crippen molar-refractivity contribution in [1.82, 2.24) is 0 Å². The van der Waals surface area contributed by atoms with E-state index in [-0.39, 0.29) is 0 Å². The fourth-order valence-electron chi connectivity index (χ4n) is 1.20. The van der Waals surface area contributed by atoms with Crippen LogP contribution in [0.15, 0.2) is 0 Å². The minimum atomic E-state index is -2.14. The number of rotatable bonds is 7. The summed E-state index contributed by atoms with van der Waals surface area (Å²) in [7, 11) is 2.96. The second-order valence-corrected chi connectivity index (χ2v) is 7.05. The van der Waals surface area contributed by atoms with Crippen molar-refractivity contribution in [3.05, 3.63) is 0 Å². The third-order valence-electron chi connectivity index (χ3n) is 2.26. The maximum Gasteiger partial charge on any atom is 0.358 e. The maximum atomic E-state index is 11.4. The fraction of sp³-hybridized carbons (Fsp3) is 0.900. The Balaban J connectivity index is 4.39. The van der Waals surface area contributed by atoms with E-state index in [4.69, 9.17) is 72.2 Å². The van der Waals surface area contributed by atoms with E-state index in [0.29, 0.717) is 6.42 Å². The van der Waals surface area contributed by atoms with E-state index in [1.165, 1.54) is 14.2 Å². The molecule has 0 unspecified atom stereocenters. The second kappa shape index (κ2) is 8.98. The van der Waals surface area contributed by atoms with Gasteiger partial charge in [-0.15, -0.1) is 23.2 Å². The summed E-state index contributed by atoms with van der Waals surface area (Å²) in [5.74, 6) is -1.01. The number of methoxy groups -OCH3 is 2. The van der Waals surface area contributed by atoms with E-state index in [9.17, 15) is 4.79 Å². The van der Waals surface area contributed by atoms with E-state index < -0.39 is 32.9 Å². The molecule has 0 rings (SSSR count). The number of ether oxygens (including phenoxy) is 3. The van der Waals surface area contributed by atoms with Crippen molar-refractivity contribution in [2.75, 3.05) is 14.2 Å². The summed E-state index contributed by atoms with van der Waals surface area (Å²) in [6.45, 7) is 1.55. The van der Waals surface area contributed by atoms with Crippen LogP contribution in [0.2, 0.25) is 0 Å². The van der Waals surface area contributed by atoms with Crippen molar-refractivity contribution in [3.63, 3.8) is 0 Å². The molecule has 19 heavy (non-hydrogen) atoms. The normalized spacial score (nSPS) is 17.1. The zero-order valence-electron chi connectivity index (χ0n) is 10.5. The molecular formula is C10H15Cl5O4. The molecule has 0 radical (unpaired) electrons. The third kappa shape index (κ3) is 7.42. The molecule has 9 heteroatoms. The van der Waals surface area contributed by atoms with Gasteiger partial charge in [-0.1, -0.05) is 34.8 Å². The fourth-order valence-corrected chi connectivity index (χ4v) is 1.84. The van der Waals surface area contributed by atoms with Gasteiger partial charge in [0.15, 0.2) is 6.29 Å². The summed E-state index contributed by atoms with van der Waals surface area (Å²) in [4.78, 5) is 11.4. The van der Waals surface area contributed by atoms with Gasteiger partial charge < -0.3 is 14.2 Å². The number of carbonyl (C=O) groups excluding carboxylic acids is 1. The van der Waals surface area contributed by atoms with Crippen LogP contribution in [0, 0.1) is 0 Å². The molecule has 0 saturated heterocycles. The monoisotopic (exact) mass is 374 g/mol. The molecular weight excluding hydrogens is 361 g/mol. The van der Waals surface area contributed by atoms with Crippen molar-refractivity contribution < 1.29 is 19.0 Å². The van der Waals surface area contributed by atoms with Gasteiger partial charge in [-0.25, -0.2) is 4.79 Å². The molecule has 0 aromatic carbocycles. The molecule has 0 N–H and O–H groups in total. The Morgan fingerprint density at radius 3 is 2.00 bits per heavy atom. The van der Waals surface area contributed by atoms with Crippen molar-refractivity contribution in [2.24, 2.45) is 0 Å². The lowest BCUT2D eigenvalue weighted by Crippen LogP contribution is -2.36. The molecule has 4 nitrogen and oxygen atoms in total. The van der Waals surface area contributed by atoms with Gasteiger partial charge in [0.2, 0.25) is 0 Å². The third-order valence-corrected chi connectivity index (χ3v) is 3.96. The van der Waals surface area contributed by atoms with Gasteiger partial charge in [-0.2, -0.15) is 0 Å². The largest absolute Gasteiger partial charge is 0.458 e. The molecule has 0 heterocycles. The highest BCUT2D eigenvalue weighted by atomic mass is 35.6. The number of esters is 1. The first-order valence-electron chi connectivity index (χ1n) is 5.25. The predicted molar refractivity (Wildman–Crippen MR) is 77.5 cm³/mol. The van der Waals surface area contributed by atoms with Gasteiger partial charge in [0.25, 0.3) is 3.79 Å². The van der Waals surface area contributed by atoms with Gasteiger partial charge >= 0.3 is 5.97 Å². The summed E-state index contributed by atoms with van der Waals surface area (Å²) >= 11 is 28.3. The second-order valence-electron chi connectivity index (χ2n) is 3.71. The number of hydrogen-bond donors (Lipinski definition) is 0. The van der Waals surface area contributed by atoms with Crippen LogP contribution in [0.4, 0.5) is 0 Å². The summed E-state index contributed by atoms with van der Waals surface area (Å²) in [5.41, 5.74) is 0. The first-order valence-corrected chi connectivity index (χ1v) is 7.25. The average molecular weight is 376 g/mol. The van der Waals surface area contributed by atoms with Crippen LogP contribution < -0.4 is 0 Å². The molecule has 0 fully saturated rings. The van der Waals surface area contributed by atoms with Crippen LogP contribution in [-0.4, -0.2) is 47.1 Å². The predicted octanol–water partition coefficient (Wildman–Crippen LogP) is 3.51. The smallest absolute Gasteiger partial charge is 0.358 e. The minimum Gasteiger partial charge on any atom is -0.458 e. The molecule has 0 amide bonds. The van der Waals surface area contributed by atoms with E-state index >= 15 is 0 Å². The Morgan fingerprint density at radius 1 is 1.16 bits per heavy atom. The molecule has 0 aliphatic carbocycles. The van der Waals surface area contributed by atoms with Gasteiger partial charge in [-0.05, 0) is 6.92 Å². The molecule has 0 aromatic rings. The van der Waals surface area contributed by atoms with E-state index in [2.05, 4.69) is 0 Å². The molecule has 3 atom stereocenters. The van der Waals surface area contributed by atoms with E-state index in [1.807, 2.05) is 0 Å². The summed E-state index contributed by atoms with van der Waals surface area (Å²) in [5, 5.41) is -1.24. The quantitative estimate of drug-likeness (QED) is 0.387. The Labute approximate surface area is 137 Å². The Morgan fingerprint density at radius 2 is 1.63 bits per heavy atom. The summed E-state index contributed by atoms with van der Waals surface area (Å²) < 4.78 is 12.8. The highest BCUT2D eigenvalue weighted by Gasteiger charge is 2.36. The topological polar surface area (TPSA) is 44.8 Å². The van der Waals surface area contributed by atoms with E-state index in [1.54, 1.807) is 6.92 Å². The summed E-state index contributed by atoms with van der Waals surface area (Å²) in [6, 6.07) is 0. The van der Waals surface area contributed by atoms with Gasteiger partial charge in [0, 0.05) is 20.6 Å². The number of halogens is 5. The number of alkyl halides is 5. The zero-order valence-corrected chi connectivity index (χ0v) is 14.3. The van der Waals surface area contributed by atoms with Crippen LogP contribution in [0.25, 0.3) is 0 Å². The molecule has 0 aromatic heterocycles. The summed E-state index contributed by atoms with van der Waals surface area (Å²) in [6.07, 6.45) is -0.917. The molecule has 0 saturated carbocycles. The van der Waals surface area contributed by atoms with Crippen LogP contribution in [0.1, 0.15) is 13.3 Å². The van der Waals surface area contributed by atoms with Gasteiger partial charge in [0.1, 0.15) is 6.10 Å². The number of hydrogen-bond acceptors (Lipinski definition) is 4. The van der Waals surface area contributed by atoms with Gasteiger partial charge in [-0.3, -0.25) is 0 Å². The van der Waals surface area contributed by atoms with Crippen LogP contribution >= 0.6 is 58.0 Å². The molecule has 0 spiro atoms. The van der Waals surface area contributed by atoms with Crippen molar-refractivity contribution >= 4 is 64.0 Å². The van der Waals surface area contributed by atoms with Crippen LogP contribution in [-0.2, 0) is 19.0 Å². The minimum absolute atomic E-state index is 0.318.